The Balaban J connectivity index is 1.66. The molecule has 3 rings (SSSR count). The lowest BCUT2D eigenvalue weighted by Crippen LogP contribution is -2.25. The molecular formula is C27H34N2O5S. The number of hydrogen-bond donors (Lipinski definition) is 1. The average molecular weight is 499 g/mol. The van der Waals surface area contributed by atoms with E-state index < -0.39 is 10.0 Å². The van der Waals surface area contributed by atoms with Crippen LogP contribution in [0.3, 0.4) is 0 Å². The van der Waals surface area contributed by atoms with Crippen LogP contribution in [0.2, 0.25) is 0 Å². The zero-order valence-corrected chi connectivity index (χ0v) is 21.4. The molecule has 0 aliphatic heterocycles. The van der Waals surface area contributed by atoms with Gasteiger partial charge < -0.3 is 9.47 Å². The second-order valence-electron chi connectivity index (χ2n) is 8.49. The molecule has 1 aromatic heterocycles. The van der Waals surface area contributed by atoms with Crippen LogP contribution in [-0.4, -0.2) is 39.6 Å². The molecule has 35 heavy (non-hydrogen) atoms. The maximum Gasteiger partial charge on any atom is 0.305 e. The van der Waals surface area contributed by atoms with Crippen molar-refractivity contribution in [1.82, 2.24) is 9.71 Å². The number of aromatic nitrogens is 1. The van der Waals surface area contributed by atoms with E-state index in [0.717, 1.165) is 35.0 Å². The van der Waals surface area contributed by atoms with E-state index in [0.29, 0.717) is 38.2 Å². The molecule has 188 valence electrons. The number of hydrogen-bond acceptors (Lipinski definition) is 6. The number of methoxy groups -OCH3 is 1. The van der Waals surface area contributed by atoms with E-state index in [1.165, 1.54) is 19.2 Å². The van der Waals surface area contributed by atoms with Crippen molar-refractivity contribution in [3.8, 4) is 5.75 Å². The molecule has 0 aliphatic rings. The van der Waals surface area contributed by atoms with Gasteiger partial charge in [0, 0.05) is 30.0 Å². The first-order valence-electron chi connectivity index (χ1n) is 12.0. The monoisotopic (exact) mass is 498 g/mol. The predicted molar refractivity (Wildman–Crippen MR) is 137 cm³/mol. The fourth-order valence-corrected chi connectivity index (χ4v) is 5.22. The number of rotatable bonds is 13. The van der Waals surface area contributed by atoms with Crippen LogP contribution < -0.4 is 9.46 Å². The Kier molecular flexibility index (Phi) is 9.63. The summed E-state index contributed by atoms with van der Waals surface area (Å²) >= 11 is 0. The number of sulfonamides is 1. The van der Waals surface area contributed by atoms with E-state index in [1.807, 2.05) is 18.2 Å². The Bertz CT molecular complexity index is 1230. The third-order valence-corrected chi connectivity index (χ3v) is 7.47. The number of nitrogens with zero attached hydrogens (tertiary/aromatic N) is 1. The molecule has 0 aliphatic carbocycles. The Morgan fingerprint density at radius 3 is 2.49 bits per heavy atom. The van der Waals surface area contributed by atoms with Crippen LogP contribution in [0.15, 0.2) is 59.5 Å². The first-order valence-corrected chi connectivity index (χ1v) is 13.5. The highest BCUT2D eigenvalue weighted by Crippen LogP contribution is 2.29. The van der Waals surface area contributed by atoms with Crippen molar-refractivity contribution in [2.24, 2.45) is 0 Å². The first-order chi connectivity index (χ1) is 16.8. The van der Waals surface area contributed by atoms with Crippen molar-refractivity contribution >= 4 is 26.9 Å². The van der Waals surface area contributed by atoms with Gasteiger partial charge in [-0.25, -0.2) is 13.1 Å². The lowest BCUT2D eigenvalue weighted by Gasteiger charge is -2.18. The van der Waals surface area contributed by atoms with E-state index in [4.69, 9.17) is 14.5 Å². The van der Waals surface area contributed by atoms with Gasteiger partial charge in [0.2, 0.25) is 10.0 Å². The highest BCUT2D eigenvalue weighted by atomic mass is 32.2. The molecule has 1 heterocycles. The number of pyridine rings is 1. The van der Waals surface area contributed by atoms with Crippen LogP contribution in [0.4, 0.5) is 0 Å². The van der Waals surface area contributed by atoms with Gasteiger partial charge in [-0.3, -0.25) is 9.78 Å². The van der Waals surface area contributed by atoms with E-state index in [9.17, 15) is 13.2 Å². The standard InChI is InChI=1S/C27H34N2O5S/c1-4-34-27(30)13-7-9-21(26-19-20(2)24-11-5-6-12-25(24)29-26)10-8-18-28-35(31,32)23-16-14-22(33-3)15-17-23/h5-6,11-12,14-17,19,21,28H,4,7-10,13,18H2,1-3H3. The number of carbonyl (C=O) groups excluding carboxylic acids is 1. The minimum atomic E-state index is -3.60. The van der Waals surface area contributed by atoms with Crippen LogP contribution in [0, 0.1) is 6.92 Å². The molecule has 1 unspecified atom stereocenters. The van der Waals surface area contributed by atoms with Gasteiger partial charge in [-0.15, -0.1) is 0 Å². The predicted octanol–water partition coefficient (Wildman–Crippen LogP) is 5.13. The number of fused-ring (bicyclic) bond motifs is 1. The van der Waals surface area contributed by atoms with Crippen molar-refractivity contribution in [3.63, 3.8) is 0 Å². The summed E-state index contributed by atoms with van der Waals surface area (Å²) in [5.74, 6) is 0.521. The number of aryl methyl sites for hydroxylation is 1. The number of carbonyl (C=O) groups is 1. The molecule has 2 aromatic carbocycles. The molecular weight excluding hydrogens is 464 g/mol. The molecule has 0 fully saturated rings. The molecule has 3 aromatic rings. The van der Waals surface area contributed by atoms with E-state index in [2.05, 4.69) is 23.8 Å². The molecule has 1 N–H and O–H groups in total. The van der Waals surface area contributed by atoms with Crippen LogP contribution in [0.5, 0.6) is 5.75 Å². The molecule has 0 spiro atoms. The van der Waals surface area contributed by atoms with E-state index >= 15 is 0 Å². The molecule has 0 saturated heterocycles. The van der Waals surface area contributed by atoms with Crippen LogP contribution >= 0.6 is 0 Å². The lowest BCUT2D eigenvalue weighted by molar-refractivity contribution is -0.143. The quantitative estimate of drug-likeness (QED) is 0.259. The fourth-order valence-electron chi connectivity index (χ4n) is 4.14. The van der Waals surface area contributed by atoms with Gasteiger partial charge in [-0.2, -0.15) is 0 Å². The second kappa shape index (κ2) is 12.7. The summed E-state index contributed by atoms with van der Waals surface area (Å²) in [7, 11) is -2.06. The lowest BCUT2D eigenvalue weighted by atomic mass is 9.91. The van der Waals surface area contributed by atoms with Crippen molar-refractivity contribution in [2.45, 2.75) is 56.8 Å². The minimum Gasteiger partial charge on any atom is -0.497 e. The van der Waals surface area contributed by atoms with E-state index in [-0.39, 0.29) is 16.8 Å². The average Bonchev–Trinajstić information content (AvgIpc) is 2.85. The van der Waals surface area contributed by atoms with Crippen molar-refractivity contribution < 1.29 is 22.7 Å². The Morgan fingerprint density at radius 2 is 1.77 bits per heavy atom. The number of nitrogens with one attached hydrogen (secondary N) is 1. The maximum absolute atomic E-state index is 12.6. The number of ether oxygens (including phenoxy) is 2. The highest BCUT2D eigenvalue weighted by molar-refractivity contribution is 7.89. The zero-order chi connectivity index (χ0) is 25.3. The molecule has 8 heteroatoms. The zero-order valence-electron chi connectivity index (χ0n) is 20.6. The summed E-state index contributed by atoms with van der Waals surface area (Å²) in [4.78, 5) is 16.9. The highest BCUT2D eigenvalue weighted by Gasteiger charge is 2.18. The Hall–Kier alpha value is -2.97. The molecule has 1 atom stereocenters. The van der Waals surface area contributed by atoms with Crippen LogP contribution in [-0.2, 0) is 19.6 Å². The molecule has 0 saturated carbocycles. The van der Waals surface area contributed by atoms with Gasteiger partial charge in [0.15, 0.2) is 0 Å². The number of para-hydroxylation sites is 1. The van der Waals surface area contributed by atoms with Gasteiger partial charge >= 0.3 is 5.97 Å². The van der Waals surface area contributed by atoms with Gasteiger partial charge in [-0.05, 0) is 81.5 Å². The van der Waals surface area contributed by atoms with Crippen molar-refractivity contribution in [3.05, 3.63) is 65.9 Å². The summed E-state index contributed by atoms with van der Waals surface area (Å²) in [5, 5.41) is 1.12. The summed E-state index contributed by atoms with van der Waals surface area (Å²) in [6.07, 6.45) is 3.22. The topological polar surface area (TPSA) is 94.6 Å². The smallest absolute Gasteiger partial charge is 0.305 e. The SMILES string of the molecule is CCOC(=O)CCCC(CCCNS(=O)(=O)c1ccc(OC)cc1)c1cc(C)c2ccccc2n1. The molecule has 0 radical (unpaired) electrons. The largest absolute Gasteiger partial charge is 0.497 e. The summed E-state index contributed by atoms with van der Waals surface area (Å²) < 4.78 is 38.1. The maximum atomic E-state index is 12.6. The van der Waals surface area contributed by atoms with Crippen molar-refractivity contribution in [2.75, 3.05) is 20.3 Å². The van der Waals surface area contributed by atoms with Gasteiger partial charge in [-0.1, -0.05) is 18.2 Å². The minimum absolute atomic E-state index is 0.109. The number of benzene rings is 2. The van der Waals surface area contributed by atoms with Crippen LogP contribution in [0.25, 0.3) is 10.9 Å². The third-order valence-electron chi connectivity index (χ3n) is 5.99. The van der Waals surface area contributed by atoms with Gasteiger partial charge in [0.1, 0.15) is 5.75 Å². The third kappa shape index (κ3) is 7.50. The van der Waals surface area contributed by atoms with Gasteiger partial charge in [0.05, 0.1) is 24.1 Å². The van der Waals surface area contributed by atoms with Crippen molar-refractivity contribution in [1.29, 1.82) is 0 Å². The normalized spacial score (nSPS) is 12.4. The van der Waals surface area contributed by atoms with Crippen LogP contribution in [0.1, 0.15) is 56.2 Å². The fraction of sp³-hybridized carbons (Fsp3) is 0.407. The molecule has 0 amide bonds. The van der Waals surface area contributed by atoms with E-state index in [1.54, 1.807) is 19.1 Å². The Labute approximate surface area is 207 Å². The summed E-state index contributed by atoms with van der Waals surface area (Å²) in [6.45, 7) is 4.57. The summed E-state index contributed by atoms with van der Waals surface area (Å²) in [5.41, 5.74) is 3.07. The Morgan fingerprint density at radius 1 is 1.06 bits per heavy atom. The second-order valence-corrected chi connectivity index (χ2v) is 10.3. The number of esters is 1. The molecule has 7 nitrogen and oxygen atoms in total. The summed E-state index contributed by atoms with van der Waals surface area (Å²) in [6, 6.07) is 16.5. The van der Waals surface area contributed by atoms with Gasteiger partial charge in [0.25, 0.3) is 0 Å². The molecule has 0 bridgehead atoms. The first kappa shape index (κ1) is 26.6.